The number of amides is 2. The molecule has 2 amide bonds. The maximum Gasteiger partial charge on any atom is 0.277 e. The minimum atomic E-state index is -0.758. The number of hydrogen-bond acceptors (Lipinski definition) is 6. The Labute approximate surface area is 184 Å². The first-order valence-electron chi connectivity index (χ1n) is 10.0. The van der Waals surface area contributed by atoms with Crippen LogP contribution in [0.25, 0.3) is 17.1 Å². The lowest BCUT2D eigenvalue weighted by atomic mass is 10.0. The first-order valence-corrected chi connectivity index (χ1v) is 10.0. The summed E-state index contributed by atoms with van der Waals surface area (Å²) in [5.74, 6) is -0.633. The Balaban J connectivity index is 1.58. The van der Waals surface area contributed by atoms with Crippen molar-refractivity contribution >= 4 is 17.5 Å². The van der Waals surface area contributed by atoms with E-state index in [9.17, 15) is 9.59 Å². The third-order valence-corrected chi connectivity index (χ3v) is 4.90. The van der Waals surface area contributed by atoms with Gasteiger partial charge in [0.2, 0.25) is 5.89 Å². The molecule has 9 nitrogen and oxygen atoms in total. The fraction of sp³-hybridized carbons (Fsp3) is 0.174. The van der Waals surface area contributed by atoms with Crippen molar-refractivity contribution in [3.63, 3.8) is 0 Å². The number of nitrogens with one attached hydrogen (secondary N) is 1. The fourth-order valence-corrected chi connectivity index (χ4v) is 3.17. The van der Waals surface area contributed by atoms with Crippen LogP contribution >= 0.6 is 0 Å². The molecule has 0 fully saturated rings. The number of carbonyl (C=O) groups excluding carboxylic acids is 2. The summed E-state index contributed by atoms with van der Waals surface area (Å²) in [4.78, 5) is 33.0. The molecule has 4 aromatic rings. The van der Waals surface area contributed by atoms with Crippen LogP contribution in [-0.2, 0) is 0 Å². The normalized spacial score (nSPS) is 11.0. The fourth-order valence-electron chi connectivity index (χ4n) is 3.17. The predicted octanol–water partition coefficient (Wildman–Crippen LogP) is 3.71. The van der Waals surface area contributed by atoms with Crippen LogP contribution in [0, 0.1) is 6.92 Å². The van der Waals surface area contributed by atoms with E-state index < -0.39 is 11.8 Å². The molecular weight excluding hydrogens is 408 g/mol. The van der Waals surface area contributed by atoms with E-state index >= 15 is 0 Å². The number of anilines is 1. The van der Waals surface area contributed by atoms with E-state index in [1.54, 1.807) is 18.3 Å². The molecule has 3 N–H and O–H groups in total. The highest BCUT2D eigenvalue weighted by molar-refractivity contribution is 6.07. The molecule has 1 aromatic carbocycles. The molecule has 32 heavy (non-hydrogen) atoms. The van der Waals surface area contributed by atoms with Crippen molar-refractivity contribution in [1.82, 2.24) is 19.7 Å². The van der Waals surface area contributed by atoms with Gasteiger partial charge in [0.15, 0.2) is 11.4 Å². The van der Waals surface area contributed by atoms with Crippen LogP contribution in [-0.4, -0.2) is 31.6 Å². The number of aryl methyl sites for hydroxylation is 1. The number of oxazole rings is 1. The summed E-state index contributed by atoms with van der Waals surface area (Å²) in [6.07, 6.45) is 4.42. The number of nitrogens with two attached hydrogens (primary N) is 1. The van der Waals surface area contributed by atoms with Crippen LogP contribution in [0.4, 0.5) is 5.69 Å². The largest absolute Gasteiger partial charge is 0.444 e. The zero-order valence-electron chi connectivity index (χ0n) is 17.9. The van der Waals surface area contributed by atoms with Gasteiger partial charge in [0.25, 0.3) is 11.8 Å². The molecule has 0 unspecified atom stereocenters. The van der Waals surface area contributed by atoms with Crippen LogP contribution in [0.15, 0.2) is 59.5 Å². The third kappa shape index (κ3) is 4.27. The highest BCUT2D eigenvalue weighted by atomic mass is 16.3. The van der Waals surface area contributed by atoms with Gasteiger partial charge in [-0.2, -0.15) is 5.10 Å². The van der Waals surface area contributed by atoms with Gasteiger partial charge in [-0.1, -0.05) is 26.0 Å². The summed E-state index contributed by atoms with van der Waals surface area (Å²) < 4.78 is 6.93. The molecule has 4 rings (SSSR count). The topological polar surface area (TPSA) is 129 Å². The van der Waals surface area contributed by atoms with Gasteiger partial charge in [0.05, 0.1) is 17.6 Å². The maximum atomic E-state index is 12.7. The van der Waals surface area contributed by atoms with E-state index in [0.29, 0.717) is 11.5 Å². The maximum absolute atomic E-state index is 12.7. The first kappa shape index (κ1) is 21.0. The number of benzene rings is 1. The molecule has 0 saturated carbocycles. The van der Waals surface area contributed by atoms with Gasteiger partial charge < -0.3 is 15.5 Å². The summed E-state index contributed by atoms with van der Waals surface area (Å²) in [5.41, 5.74) is 9.06. The second-order valence-corrected chi connectivity index (χ2v) is 7.62. The summed E-state index contributed by atoms with van der Waals surface area (Å²) in [6, 6.07) is 11.3. The van der Waals surface area contributed by atoms with Gasteiger partial charge in [0, 0.05) is 17.5 Å². The number of primary amides is 1. The lowest BCUT2D eigenvalue weighted by Gasteiger charge is -2.06. The van der Waals surface area contributed by atoms with Crippen LogP contribution in [0.2, 0.25) is 0 Å². The molecule has 9 heteroatoms. The molecule has 0 bridgehead atoms. The van der Waals surface area contributed by atoms with Crippen molar-refractivity contribution in [2.75, 3.05) is 5.32 Å². The van der Waals surface area contributed by atoms with Crippen molar-refractivity contribution in [3.05, 3.63) is 77.7 Å². The molecule has 3 aromatic heterocycles. The van der Waals surface area contributed by atoms with Crippen LogP contribution in [0.3, 0.4) is 0 Å². The number of pyridine rings is 1. The van der Waals surface area contributed by atoms with Crippen LogP contribution in [0.1, 0.15) is 52.0 Å². The number of carbonyl (C=O) groups is 2. The Morgan fingerprint density at radius 1 is 1.16 bits per heavy atom. The van der Waals surface area contributed by atoms with E-state index in [2.05, 4.69) is 34.2 Å². The van der Waals surface area contributed by atoms with E-state index in [1.807, 2.05) is 31.2 Å². The Morgan fingerprint density at radius 2 is 1.91 bits per heavy atom. The molecule has 3 heterocycles. The molecule has 0 atom stereocenters. The highest BCUT2D eigenvalue weighted by Gasteiger charge is 2.20. The zero-order valence-corrected chi connectivity index (χ0v) is 17.9. The van der Waals surface area contributed by atoms with Gasteiger partial charge in [-0.15, -0.1) is 0 Å². The molecule has 0 aliphatic heterocycles. The minimum Gasteiger partial charge on any atom is -0.444 e. The summed E-state index contributed by atoms with van der Waals surface area (Å²) in [5, 5.41) is 6.89. The van der Waals surface area contributed by atoms with Crippen molar-refractivity contribution in [2.45, 2.75) is 26.7 Å². The monoisotopic (exact) mass is 430 g/mol. The molecule has 0 aliphatic rings. The smallest absolute Gasteiger partial charge is 0.277 e. The third-order valence-electron chi connectivity index (χ3n) is 4.90. The Kier molecular flexibility index (Phi) is 5.55. The number of aromatic nitrogens is 4. The van der Waals surface area contributed by atoms with Crippen molar-refractivity contribution in [1.29, 1.82) is 0 Å². The van der Waals surface area contributed by atoms with E-state index in [1.165, 1.54) is 22.7 Å². The summed E-state index contributed by atoms with van der Waals surface area (Å²) in [6.45, 7) is 6.05. The Hall–Kier alpha value is -4.27. The molecule has 0 radical (unpaired) electrons. The quantitative estimate of drug-likeness (QED) is 0.480. The first-order chi connectivity index (χ1) is 15.3. The van der Waals surface area contributed by atoms with Crippen LogP contribution < -0.4 is 11.1 Å². The second kappa shape index (κ2) is 8.46. The lowest BCUT2D eigenvalue weighted by Crippen LogP contribution is -2.18. The van der Waals surface area contributed by atoms with Gasteiger partial charge in [-0.3, -0.25) is 14.6 Å². The van der Waals surface area contributed by atoms with Gasteiger partial charge in [-0.05, 0) is 42.7 Å². The highest BCUT2D eigenvalue weighted by Crippen LogP contribution is 2.22. The minimum absolute atomic E-state index is 0.0546. The van der Waals surface area contributed by atoms with E-state index in [0.717, 1.165) is 11.4 Å². The van der Waals surface area contributed by atoms with Crippen molar-refractivity contribution in [2.24, 2.45) is 5.73 Å². The summed E-state index contributed by atoms with van der Waals surface area (Å²) >= 11 is 0. The van der Waals surface area contributed by atoms with Crippen molar-refractivity contribution in [3.8, 4) is 17.1 Å². The predicted molar refractivity (Wildman–Crippen MR) is 119 cm³/mol. The van der Waals surface area contributed by atoms with Gasteiger partial charge in [-0.25, -0.2) is 9.67 Å². The van der Waals surface area contributed by atoms with E-state index in [4.69, 9.17) is 10.2 Å². The SMILES string of the molecule is Cc1cc(-c2nc(C(=O)Nc3cn(-c4ccc(C(C)C)cc4)nc3C(N)=O)co2)ccn1. The Morgan fingerprint density at radius 3 is 2.56 bits per heavy atom. The number of rotatable bonds is 6. The Bertz CT molecular complexity index is 1290. The molecular formula is C23H22N6O3. The van der Waals surface area contributed by atoms with E-state index in [-0.39, 0.29) is 23.0 Å². The number of hydrogen-bond donors (Lipinski definition) is 2. The standard InChI is InChI=1S/C23H22N6O3/c1-13(2)15-4-6-17(7-5-15)29-11-18(20(28-29)21(24)30)26-22(31)19-12-32-23(27-19)16-8-9-25-14(3)10-16/h4-13H,1-3H3,(H2,24,30)(H,26,31). The average Bonchev–Trinajstić information content (AvgIpc) is 3.42. The summed E-state index contributed by atoms with van der Waals surface area (Å²) in [7, 11) is 0. The van der Waals surface area contributed by atoms with Crippen molar-refractivity contribution < 1.29 is 14.0 Å². The number of nitrogens with zero attached hydrogens (tertiary/aromatic N) is 4. The van der Waals surface area contributed by atoms with Gasteiger partial charge in [0.1, 0.15) is 6.26 Å². The molecule has 0 aliphatic carbocycles. The molecule has 0 spiro atoms. The zero-order chi connectivity index (χ0) is 22.8. The molecule has 162 valence electrons. The second-order valence-electron chi connectivity index (χ2n) is 7.62. The lowest BCUT2D eigenvalue weighted by molar-refractivity contribution is 0.0996. The van der Waals surface area contributed by atoms with Crippen LogP contribution in [0.5, 0.6) is 0 Å². The van der Waals surface area contributed by atoms with Gasteiger partial charge >= 0.3 is 0 Å². The molecule has 0 saturated heterocycles. The average molecular weight is 430 g/mol.